The third-order valence-electron chi connectivity index (χ3n) is 4.19. The first kappa shape index (κ1) is 13.2. The van der Waals surface area contributed by atoms with Crippen molar-refractivity contribution in [1.82, 2.24) is 4.98 Å². The van der Waals surface area contributed by atoms with E-state index in [1.807, 2.05) is 13.2 Å². The molecule has 1 fully saturated rings. The molecule has 0 unspecified atom stereocenters. The van der Waals surface area contributed by atoms with E-state index in [1.165, 1.54) is 16.3 Å². The number of pyridine rings is 1. The van der Waals surface area contributed by atoms with Crippen LogP contribution in [0.2, 0.25) is 0 Å². The molecule has 2 aromatic rings. The van der Waals surface area contributed by atoms with E-state index in [0.29, 0.717) is 6.04 Å². The Morgan fingerprint density at radius 1 is 1.30 bits per heavy atom. The number of nitrogens with two attached hydrogens (primary N) is 1. The zero-order valence-corrected chi connectivity index (χ0v) is 12.2. The molecule has 0 amide bonds. The Bertz CT molecular complexity index is 615. The summed E-state index contributed by atoms with van der Waals surface area (Å²) in [7, 11) is 1.97. The van der Waals surface area contributed by atoms with Crippen molar-refractivity contribution in [3.63, 3.8) is 0 Å². The summed E-state index contributed by atoms with van der Waals surface area (Å²) in [6.07, 6.45) is 4.07. The number of nitrogens with zero attached hydrogens (tertiary/aromatic N) is 2. The molecule has 0 spiro atoms. The number of aromatic nitrogens is 1. The maximum Gasteiger partial charge on any atom is 0.136 e. The molecule has 4 nitrogen and oxygen atoms in total. The van der Waals surface area contributed by atoms with E-state index < -0.39 is 0 Å². The third-order valence-corrected chi connectivity index (χ3v) is 4.19. The average Bonchev–Trinajstić information content (AvgIpc) is 2.48. The van der Waals surface area contributed by atoms with Crippen LogP contribution in [0.4, 0.5) is 11.5 Å². The SMILES string of the molecule is CNc1cccc2c(N3CCC(N)CC3)ncc(C)c12. The summed E-state index contributed by atoms with van der Waals surface area (Å²) in [5.74, 6) is 1.09. The maximum atomic E-state index is 6.00. The van der Waals surface area contributed by atoms with Crippen LogP contribution in [0.5, 0.6) is 0 Å². The number of anilines is 2. The fourth-order valence-electron chi connectivity index (χ4n) is 3.03. The highest BCUT2D eigenvalue weighted by Crippen LogP contribution is 2.33. The van der Waals surface area contributed by atoms with Crippen LogP contribution < -0.4 is 16.0 Å². The van der Waals surface area contributed by atoms with Gasteiger partial charge in [0.2, 0.25) is 0 Å². The molecule has 1 aliphatic rings. The van der Waals surface area contributed by atoms with E-state index in [2.05, 4.69) is 40.3 Å². The smallest absolute Gasteiger partial charge is 0.136 e. The summed E-state index contributed by atoms with van der Waals surface area (Å²) in [5, 5.41) is 5.78. The van der Waals surface area contributed by atoms with Gasteiger partial charge in [0.25, 0.3) is 0 Å². The third kappa shape index (κ3) is 2.20. The minimum atomic E-state index is 0.343. The molecule has 3 rings (SSSR count). The molecule has 1 saturated heterocycles. The lowest BCUT2D eigenvalue weighted by atomic mass is 10.0. The molecule has 0 bridgehead atoms. The van der Waals surface area contributed by atoms with Crippen molar-refractivity contribution in [3.8, 4) is 0 Å². The first-order valence-electron chi connectivity index (χ1n) is 7.27. The van der Waals surface area contributed by atoms with Crippen molar-refractivity contribution in [1.29, 1.82) is 0 Å². The van der Waals surface area contributed by atoms with Crippen LogP contribution in [0.25, 0.3) is 10.8 Å². The molecule has 3 N–H and O–H groups in total. The molecule has 4 heteroatoms. The van der Waals surface area contributed by atoms with Gasteiger partial charge in [0.1, 0.15) is 5.82 Å². The monoisotopic (exact) mass is 270 g/mol. The van der Waals surface area contributed by atoms with Gasteiger partial charge in [-0.1, -0.05) is 12.1 Å². The maximum absolute atomic E-state index is 6.00. The molecule has 106 valence electrons. The Balaban J connectivity index is 2.10. The average molecular weight is 270 g/mol. The highest BCUT2D eigenvalue weighted by molar-refractivity contribution is 6.02. The van der Waals surface area contributed by atoms with Gasteiger partial charge in [0, 0.05) is 48.8 Å². The van der Waals surface area contributed by atoms with Crippen molar-refractivity contribution in [3.05, 3.63) is 30.0 Å². The molecule has 1 aliphatic heterocycles. The summed E-state index contributed by atoms with van der Waals surface area (Å²) < 4.78 is 0. The molecule has 1 aromatic heterocycles. The minimum absolute atomic E-state index is 0.343. The second kappa shape index (κ2) is 5.29. The topological polar surface area (TPSA) is 54.2 Å². The zero-order valence-electron chi connectivity index (χ0n) is 12.2. The predicted octanol–water partition coefficient (Wildman–Crippen LogP) is 2.51. The van der Waals surface area contributed by atoms with Crippen LogP contribution in [0.3, 0.4) is 0 Å². The van der Waals surface area contributed by atoms with Gasteiger partial charge in [0.05, 0.1) is 0 Å². The lowest BCUT2D eigenvalue weighted by Gasteiger charge is -2.32. The molecule has 2 heterocycles. The number of nitrogens with one attached hydrogen (secondary N) is 1. The van der Waals surface area contributed by atoms with Crippen LogP contribution >= 0.6 is 0 Å². The zero-order chi connectivity index (χ0) is 14.1. The van der Waals surface area contributed by atoms with Crippen molar-refractivity contribution >= 4 is 22.3 Å². The molecular weight excluding hydrogens is 248 g/mol. The Kier molecular flexibility index (Phi) is 3.49. The number of rotatable bonds is 2. The summed E-state index contributed by atoms with van der Waals surface area (Å²) in [6.45, 7) is 4.11. The lowest BCUT2D eigenvalue weighted by molar-refractivity contribution is 0.499. The van der Waals surface area contributed by atoms with E-state index in [0.717, 1.165) is 37.4 Å². The van der Waals surface area contributed by atoms with E-state index in [-0.39, 0.29) is 0 Å². The van der Waals surface area contributed by atoms with Crippen molar-refractivity contribution in [2.75, 3.05) is 30.4 Å². The van der Waals surface area contributed by atoms with Crippen molar-refractivity contribution in [2.45, 2.75) is 25.8 Å². The molecule has 0 aliphatic carbocycles. The van der Waals surface area contributed by atoms with Crippen molar-refractivity contribution < 1.29 is 0 Å². The van der Waals surface area contributed by atoms with Crippen LogP contribution in [-0.2, 0) is 0 Å². The largest absolute Gasteiger partial charge is 0.388 e. The number of fused-ring (bicyclic) bond motifs is 1. The van der Waals surface area contributed by atoms with Gasteiger partial charge in [-0.25, -0.2) is 4.98 Å². The van der Waals surface area contributed by atoms with E-state index in [4.69, 9.17) is 5.73 Å². The number of hydrogen-bond donors (Lipinski definition) is 2. The Labute approximate surface area is 120 Å². The molecule has 0 atom stereocenters. The van der Waals surface area contributed by atoms with E-state index in [9.17, 15) is 0 Å². The van der Waals surface area contributed by atoms with Gasteiger partial charge in [-0.15, -0.1) is 0 Å². The fourth-order valence-corrected chi connectivity index (χ4v) is 3.03. The number of piperidine rings is 1. The molecule has 0 radical (unpaired) electrons. The Morgan fingerprint density at radius 2 is 2.05 bits per heavy atom. The van der Waals surface area contributed by atoms with Gasteiger partial charge < -0.3 is 16.0 Å². The first-order valence-corrected chi connectivity index (χ1v) is 7.27. The van der Waals surface area contributed by atoms with Crippen LogP contribution in [-0.4, -0.2) is 31.2 Å². The predicted molar refractivity (Wildman–Crippen MR) is 85.4 cm³/mol. The fraction of sp³-hybridized carbons (Fsp3) is 0.438. The minimum Gasteiger partial charge on any atom is -0.388 e. The van der Waals surface area contributed by atoms with Crippen LogP contribution in [0.15, 0.2) is 24.4 Å². The summed E-state index contributed by atoms with van der Waals surface area (Å²) >= 11 is 0. The molecule has 20 heavy (non-hydrogen) atoms. The number of benzene rings is 1. The van der Waals surface area contributed by atoms with Gasteiger partial charge in [-0.2, -0.15) is 0 Å². The Morgan fingerprint density at radius 3 is 2.75 bits per heavy atom. The molecule has 0 saturated carbocycles. The van der Waals surface area contributed by atoms with Crippen LogP contribution in [0.1, 0.15) is 18.4 Å². The second-order valence-electron chi connectivity index (χ2n) is 5.57. The lowest BCUT2D eigenvalue weighted by Crippen LogP contribution is -2.40. The van der Waals surface area contributed by atoms with Gasteiger partial charge in [-0.05, 0) is 31.4 Å². The standard InChI is InChI=1S/C16H22N4/c1-11-10-19-16(20-8-6-12(17)7-9-20)13-4-3-5-14(18-2)15(11)13/h3-5,10,12,18H,6-9,17H2,1-2H3. The van der Waals surface area contributed by atoms with Gasteiger partial charge in [0.15, 0.2) is 0 Å². The highest BCUT2D eigenvalue weighted by Gasteiger charge is 2.20. The second-order valence-corrected chi connectivity index (χ2v) is 5.57. The van der Waals surface area contributed by atoms with Gasteiger partial charge >= 0.3 is 0 Å². The number of hydrogen-bond acceptors (Lipinski definition) is 4. The summed E-state index contributed by atoms with van der Waals surface area (Å²) in [4.78, 5) is 7.05. The quantitative estimate of drug-likeness (QED) is 0.880. The van der Waals surface area contributed by atoms with E-state index in [1.54, 1.807) is 0 Å². The number of aryl methyl sites for hydroxylation is 1. The normalized spacial score (nSPS) is 16.6. The van der Waals surface area contributed by atoms with E-state index >= 15 is 0 Å². The van der Waals surface area contributed by atoms with Gasteiger partial charge in [-0.3, -0.25) is 0 Å². The Hall–Kier alpha value is -1.81. The molecule has 1 aromatic carbocycles. The van der Waals surface area contributed by atoms with Crippen LogP contribution in [0, 0.1) is 6.92 Å². The first-order chi connectivity index (χ1) is 9.70. The molecular formula is C16H22N4. The van der Waals surface area contributed by atoms with Crippen molar-refractivity contribution in [2.24, 2.45) is 5.73 Å². The summed E-state index contributed by atoms with van der Waals surface area (Å²) in [5.41, 5.74) is 8.38. The highest BCUT2D eigenvalue weighted by atomic mass is 15.2. The summed E-state index contributed by atoms with van der Waals surface area (Å²) in [6, 6.07) is 6.72.